The summed E-state index contributed by atoms with van der Waals surface area (Å²) in [7, 11) is 0. The highest BCUT2D eigenvalue weighted by atomic mass is 35.5. The number of halogens is 2. The van der Waals surface area contributed by atoms with E-state index in [1.165, 1.54) is 0 Å². The van der Waals surface area contributed by atoms with Gasteiger partial charge in [0, 0.05) is 6.20 Å². The van der Waals surface area contributed by atoms with Crippen LogP contribution in [0.5, 0.6) is 0 Å². The summed E-state index contributed by atoms with van der Waals surface area (Å²) >= 11 is 11.0. The summed E-state index contributed by atoms with van der Waals surface area (Å²) in [6.45, 7) is 1.86. The Hall–Kier alpha value is -0.340. The molecule has 1 aromatic heterocycles. The molecule has 0 atom stereocenters. The van der Waals surface area contributed by atoms with Crippen molar-refractivity contribution in [3.8, 4) is 0 Å². The van der Waals surface area contributed by atoms with Gasteiger partial charge in [-0.2, -0.15) is 0 Å². The van der Waals surface area contributed by atoms with Crippen molar-refractivity contribution in [3.63, 3.8) is 0 Å². The van der Waals surface area contributed by atoms with Crippen LogP contribution in [-0.4, -0.2) is 9.97 Å². The molecular formula is C6H6Cl2N2. The Labute approximate surface area is 69.2 Å². The van der Waals surface area contributed by atoms with Crippen LogP contribution in [0.25, 0.3) is 0 Å². The normalized spacial score (nSPS) is 10.4. The van der Waals surface area contributed by atoms with Crippen LogP contribution in [0.1, 0.15) is 16.2 Å². The van der Waals surface area contributed by atoms with Gasteiger partial charge in [0.05, 0.1) is 17.6 Å². The highest BCUT2D eigenvalue weighted by Crippen LogP contribution is 2.20. The highest BCUT2D eigenvalue weighted by Gasteiger charge is 2.03. The number of alkyl halides is 2. The van der Waals surface area contributed by atoms with E-state index >= 15 is 0 Å². The Morgan fingerprint density at radius 3 is 2.40 bits per heavy atom. The number of hydrogen-bond acceptors (Lipinski definition) is 2. The molecule has 0 unspecified atom stereocenters. The van der Waals surface area contributed by atoms with E-state index in [-0.39, 0.29) is 0 Å². The Bertz CT molecular complexity index is 207. The molecule has 0 aromatic carbocycles. The van der Waals surface area contributed by atoms with Gasteiger partial charge in [-0.15, -0.1) is 0 Å². The summed E-state index contributed by atoms with van der Waals surface area (Å²) < 4.78 is 0. The molecule has 2 nitrogen and oxygen atoms in total. The summed E-state index contributed by atoms with van der Waals surface area (Å²) in [6, 6.07) is 0. The fourth-order valence-corrected chi connectivity index (χ4v) is 0.741. The first-order chi connectivity index (χ1) is 4.70. The minimum absolute atomic E-state index is 0.576. The molecule has 1 rings (SSSR count). The third-order valence-corrected chi connectivity index (χ3v) is 1.47. The lowest BCUT2D eigenvalue weighted by molar-refractivity contribution is 1.04. The lowest BCUT2D eigenvalue weighted by Crippen LogP contribution is -1.90. The zero-order valence-electron chi connectivity index (χ0n) is 5.38. The van der Waals surface area contributed by atoms with Crippen LogP contribution in [0.15, 0.2) is 12.4 Å². The van der Waals surface area contributed by atoms with Crippen LogP contribution in [0.4, 0.5) is 0 Å². The van der Waals surface area contributed by atoms with Gasteiger partial charge in [0.1, 0.15) is 0 Å². The number of nitrogens with zero attached hydrogens (tertiary/aromatic N) is 2. The molecule has 54 valence electrons. The van der Waals surface area contributed by atoms with E-state index in [4.69, 9.17) is 23.2 Å². The van der Waals surface area contributed by atoms with Crippen LogP contribution >= 0.6 is 23.2 Å². The fraction of sp³-hybridized carbons (Fsp3) is 0.333. The zero-order valence-corrected chi connectivity index (χ0v) is 6.89. The van der Waals surface area contributed by atoms with Crippen molar-refractivity contribution in [1.82, 2.24) is 9.97 Å². The summed E-state index contributed by atoms with van der Waals surface area (Å²) in [6.07, 6.45) is 3.20. The van der Waals surface area contributed by atoms with E-state index in [1.54, 1.807) is 12.4 Å². The molecule has 10 heavy (non-hydrogen) atoms. The standard InChI is InChI=1S/C6H6Cl2N2/c1-4-2-10-5(3-9-4)6(7)8/h2-3,6H,1H3. The lowest BCUT2D eigenvalue weighted by Gasteiger charge is -1.97. The lowest BCUT2D eigenvalue weighted by atomic mass is 10.4. The SMILES string of the molecule is Cc1cnc(C(Cl)Cl)cn1. The molecule has 0 radical (unpaired) electrons. The monoisotopic (exact) mass is 176 g/mol. The highest BCUT2D eigenvalue weighted by molar-refractivity contribution is 6.43. The van der Waals surface area contributed by atoms with E-state index < -0.39 is 4.84 Å². The van der Waals surface area contributed by atoms with Crippen LogP contribution in [-0.2, 0) is 0 Å². The predicted octanol–water partition coefficient (Wildman–Crippen LogP) is 2.26. The van der Waals surface area contributed by atoms with E-state index in [0.29, 0.717) is 5.69 Å². The van der Waals surface area contributed by atoms with Gasteiger partial charge >= 0.3 is 0 Å². The van der Waals surface area contributed by atoms with Gasteiger partial charge in [-0.25, -0.2) is 0 Å². The second-order valence-electron chi connectivity index (χ2n) is 1.88. The van der Waals surface area contributed by atoms with E-state index in [0.717, 1.165) is 5.69 Å². The van der Waals surface area contributed by atoms with Crippen LogP contribution < -0.4 is 0 Å². The molecule has 1 aromatic rings. The summed E-state index contributed by atoms with van der Waals surface area (Å²) in [4.78, 5) is 7.34. The second kappa shape index (κ2) is 3.17. The van der Waals surface area contributed by atoms with Crippen LogP contribution in [0.3, 0.4) is 0 Å². The van der Waals surface area contributed by atoms with Crippen molar-refractivity contribution in [2.24, 2.45) is 0 Å². The summed E-state index contributed by atoms with van der Waals surface area (Å²) in [5.74, 6) is 0. The third-order valence-electron chi connectivity index (χ3n) is 1.02. The Kier molecular flexibility index (Phi) is 2.46. The van der Waals surface area contributed by atoms with Gasteiger partial charge in [0.25, 0.3) is 0 Å². The van der Waals surface area contributed by atoms with Crippen LogP contribution in [0.2, 0.25) is 0 Å². The van der Waals surface area contributed by atoms with Gasteiger partial charge < -0.3 is 0 Å². The molecule has 0 saturated carbocycles. The molecule has 0 saturated heterocycles. The van der Waals surface area contributed by atoms with Crippen molar-refractivity contribution in [1.29, 1.82) is 0 Å². The van der Waals surface area contributed by atoms with Gasteiger partial charge in [0.15, 0.2) is 4.84 Å². The number of aromatic nitrogens is 2. The molecular weight excluding hydrogens is 171 g/mol. The smallest absolute Gasteiger partial charge is 0.151 e. The van der Waals surface area contributed by atoms with Gasteiger partial charge in [-0.3, -0.25) is 9.97 Å². The third kappa shape index (κ3) is 1.82. The Balaban J connectivity index is 2.89. The molecule has 0 bridgehead atoms. The number of hydrogen-bond donors (Lipinski definition) is 0. The van der Waals surface area contributed by atoms with Gasteiger partial charge in [0.2, 0.25) is 0 Å². The quantitative estimate of drug-likeness (QED) is 0.614. The first kappa shape index (κ1) is 7.76. The van der Waals surface area contributed by atoms with Gasteiger partial charge in [-0.05, 0) is 6.92 Å². The maximum atomic E-state index is 5.52. The molecule has 0 N–H and O–H groups in total. The van der Waals surface area contributed by atoms with E-state index in [2.05, 4.69) is 9.97 Å². The molecule has 0 amide bonds. The maximum Gasteiger partial charge on any atom is 0.151 e. The van der Waals surface area contributed by atoms with Gasteiger partial charge in [-0.1, -0.05) is 23.2 Å². The van der Waals surface area contributed by atoms with Crippen molar-refractivity contribution < 1.29 is 0 Å². The second-order valence-corrected chi connectivity index (χ2v) is 2.98. The number of rotatable bonds is 1. The Morgan fingerprint density at radius 1 is 1.30 bits per heavy atom. The molecule has 4 heteroatoms. The van der Waals surface area contributed by atoms with Crippen molar-refractivity contribution in [2.75, 3.05) is 0 Å². The first-order valence-corrected chi connectivity index (χ1v) is 3.64. The minimum Gasteiger partial charge on any atom is -0.258 e. The van der Waals surface area contributed by atoms with E-state index in [1.807, 2.05) is 6.92 Å². The maximum absolute atomic E-state index is 5.52. The molecule has 0 aliphatic carbocycles. The number of aryl methyl sites for hydroxylation is 1. The molecule has 0 aliphatic rings. The zero-order chi connectivity index (χ0) is 7.56. The van der Waals surface area contributed by atoms with Crippen molar-refractivity contribution >= 4 is 23.2 Å². The average molecular weight is 177 g/mol. The fourth-order valence-electron chi connectivity index (χ4n) is 0.515. The molecule has 1 heterocycles. The summed E-state index contributed by atoms with van der Waals surface area (Å²) in [5, 5.41) is 0. The Morgan fingerprint density at radius 2 is 2.00 bits per heavy atom. The first-order valence-electron chi connectivity index (χ1n) is 2.77. The topological polar surface area (TPSA) is 25.8 Å². The van der Waals surface area contributed by atoms with Crippen molar-refractivity contribution in [3.05, 3.63) is 23.8 Å². The van der Waals surface area contributed by atoms with Crippen LogP contribution in [0, 0.1) is 6.92 Å². The van der Waals surface area contributed by atoms with E-state index in [9.17, 15) is 0 Å². The summed E-state index contributed by atoms with van der Waals surface area (Å²) in [5.41, 5.74) is 1.45. The largest absolute Gasteiger partial charge is 0.258 e. The van der Waals surface area contributed by atoms with Crippen molar-refractivity contribution in [2.45, 2.75) is 11.8 Å². The minimum atomic E-state index is -0.576. The molecule has 0 aliphatic heterocycles. The molecule has 0 spiro atoms. The molecule has 0 fully saturated rings. The average Bonchev–Trinajstić information content (AvgIpc) is 1.88. The predicted molar refractivity (Wildman–Crippen MR) is 41.2 cm³/mol.